The van der Waals surface area contributed by atoms with Crippen molar-refractivity contribution in [3.63, 3.8) is 0 Å². The van der Waals surface area contributed by atoms with Crippen molar-refractivity contribution in [2.45, 2.75) is 17.5 Å². The summed E-state index contributed by atoms with van der Waals surface area (Å²) in [7, 11) is -2.72. The topological polar surface area (TPSA) is 106 Å². The molecule has 1 aromatic heterocycles. The Balaban J connectivity index is 2.72. The van der Waals surface area contributed by atoms with E-state index in [4.69, 9.17) is 5.11 Å². The normalized spacial score (nSPS) is 12.2. The Morgan fingerprint density at radius 3 is 2.46 bits per heavy atom. The predicted octanol–water partition coefficient (Wildman–Crippen LogP) is 2.82. The minimum Gasteiger partial charge on any atom is -0.473 e. The molecule has 1 aromatic carbocycles. The molecule has 0 fully saturated rings. The number of aryl methyl sites for hydroxylation is 1. The van der Waals surface area contributed by atoms with Crippen molar-refractivity contribution in [1.29, 1.82) is 0 Å². The molecule has 0 bridgehead atoms. The van der Waals surface area contributed by atoms with Crippen LogP contribution in [0, 0.1) is 0 Å². The lowest BCUT2D eigenvalue weighted by Crippen LogP contribution is -2.25. The minimum atomic E-state index is -4.75. The largest absolute Gasteiger partial charge is 0.473 e. The Morgan fingerprint density at radius 1 is 1.29 bits per heavy atom. The van der Waals surface area contributed by atoms with E-state index in [0.717, 1.165) is 23.1 Å². The van der Waals surface area contributed by atoms with E-state index in [-0.39, 0.29) is 28.9 Å². The highest BCUT2D eigenvalue weighted by molar-refractivity contribution is 8.13. The number of carbonyl (C=O) groups is 1. The number of rotatable bonds is 5. The average Bonchev–Trinajstić information content (AvgIpc) is 2.56. The Hall–Kier alpha value is -2.34. The molecule has 28 heavy (non-hydrogen) atoms. The highest BCUT2D eigenvalue weighted by Gasteiger charge is 2.32. The average molecular weight is 436 g/mol. The second kappa shape index (κ2) is 7.95. The van der Waals surface area contributed by atoms with Crippen LogP contribution in [0.2, 0.25) is 0 Å². The lowest BCUT2D eigenvalue weighted by molar-refractivity contribution is -0.137. The van der Waals surface area contributed by atoms with Crippen LogP contribution in [0.5, 0.6) is 0 Å². The van der Waals surface area contributed by atoms with Crippen LogP contribution >= 0.6 is 11.8 Å². The molecule has 0 unspecified atom stereocenters. The molecule has 2 aromatic rings. The quantitative estimate of drug-likeness (QED) is 0.768. The van der Waals surface area contributed by atoms with Gasteiger partial charge in [-0.2, -0.15) is 18.3 Å². The van der Waals surface area contributed by atoms with E-state index in [0.29, 0.717) is 17.8 Å². The van der Waals surface area contributed by atoms with Crippen LogP contribution < -0.4 is 5.56 Å². The standard InChI is InChI=1S/C16H15F3N2O5S2/c1-21-14(22)11(5-6-27-15(23)24)12(8-20-21)10-4-3-9(16(17,18)19)7-13(10)28(2,25)26/h3-4,7-8H,5-6H2,1-2H3,(H,23,24). The summed E-state index contributed by atoms with van der Waals surface area (Å²) in [6.45, 7) is 0. The number of nitrogens with zero attached hydrogens (tertiary/aromatic N) is 2. The maximum Gasteiger partial charge on any atom is 0.416 e. The maximum absolute atomic E-state index is 13.0. The number of carboxylic acid groups (broad SMARTS) is 1. The third-order valence-corrected chi connectivity index (χ3v) is 5.61. The fourth-order valence-electron chi connectivity index (χ4n) is 2.53. The van der Waals surface area contributed by atoms with E-state index in [1.807, 2.05) is 0 Å². The van der Waals surface area contributed by atoms with Crippen LogP contribution in [0.15, 0.2) is 34.1 Å². The number of hydrogen-bond acceptors (Lipinski definition) is 6. The van der Waals surface area contributed by atoms with Gasteiger partial charge in [-0.25, -0.2) is 17.9 Å². The zero-order valence-corrected chi connectivity index (χ0v) is 16.3. The van der Waals surface area contributed by atoms with Gasteiger partial charge in [-0.15, -0.1) is 0 Å². The van der Waals surface area contributed by atoms with Gasteiger partial charge >= 0.3 is 11.5 Å². The van der Waals surface area contributed by atoms with Crippen LogP contribution in [-0.2, 0) is 29.5 Å². The van der Waals surface area contributed by atoms with Crippen molar-refractivity contribution in [2.24, 2.45) is 7.05 Å². The summed E-state index contributed by atoms with van der Waals surface area (Å²) in [5, 5.41) is 11.4. The van der Waals surface area contributed by atoms with E-state index in [9.17, 15) is 31.2 Å². The molecule has 0 saturated heterocycles. The smallest absolute Gasteiger partial charge is 0.416 e. The van der Waals surface area contributed by atoms with Gasteiger partial charge in [0.15, 0.2) is 9.84 Å². The lowest BCUT2D eigenvalue weighted by atomic mass is 10.00. The van der Waals surface area contributed by atoms with Crippen molar-refractivity contribution in [3.05, 3.63) is 45.9 Å². The number of halogens is 3. The predicted molar refractivity (Wildman–Crippen MR) is 97.2 cm³/mol. The molecule has 7 nitrogen and oxygen atoms in total. The Labute approximate surface area is 162 Å². The third-order valence-electron chi connectivity index (χ3n) is 3.81. The van der Waals surface area contributed by atoms with Crippen molar-refractivity contribution in [1.82, 2.24) is 9.78 Å². The summed E-state index contributed by atoms with van der Waals surface area (Å²) in [5.74, 6) is 0.0103. The molecule has 1 heterocycles. The van der Waals surface area contributed by atoms with E-state index in [1.165, 1.54) is 13.2 Å². The molecular formula is C16H15F3N2O5S2. The first-order valence-corrected chi connectivity index (χ1v) is 10.5. The van der Waals surface area contributed by atoms with E-state index < -0.39 is 37.3 Å². The summed E-state index contributed by atoms with van der Waals surface area (Å²) in [6, 6.07) is 2.21. The molecule has 0 aliphatic heterocycles. The number of aromatic nitrogens is 2. The molecule has 12 heteroatoms. The number of sulfone groups is 1. The molecular weight excluding hydrogens is 421 g/mol. The minimum absolute atomic E-state index is 0.0103. The van der Waals surface area contributed by atoms with Gasteiger partial charge < -0.3 is 5.11 Å². The van der Waals surface area contributed by atoms with Gasteiger partial charge in [-0.1, -0.05) is 6.07 Å². The molecule has 0 saturated carbocycles. The molecule has 0 aliphatic carbocycles. The van der Waals surface area contributed by atoms with Gasteiger partial charge in [-0.05, 0) is 30.3 Å². The van der Waals surface area contributed by atoms with Gasteiger partial charge in [0, 0.05) is 35.7 Å². The van der Waals surface area contributed by atoms with Crippen LogP contribution in [0.4, 0.5) is 18.0 Å². The zero-order chi connectivity index (χ0) is 21.3. The van der Waals surface area contributed by atoms with Crippen molar-refractivity contribution in [3.8, 4) is 11.1 Å². The van der Waals surface area contributed by atoms with E-state index >= 15 is 0 Å². The third kappa shape index (κ3) is 4.93. The SMILES string of the molecule is Cn1ncc(-c2ccc(C(F)(F)F)cc2S(C)(=O)=O)c(CCSC(=O)O)c1=O. The second-order valence-corrected chi connectivity index (χ2v) is 8.84. The fraction of sp³-hybridized carbons (Fsp3) is 0.312. The molecule has 0 aliphatic rings. The van der Waals surface area contributed by atoms with Crippen LogP contribution in [-0.4, -0.2) is 40.6 Å². The molecule has 0 spiro atoms. The maximum atomic E-state index is 13.0. The molecule has 0 atom stereocenters. The molecule has 0 amide bonds. The summed E-state index contributed by atoms with van der Waals surface area (Å²) in [5.41, 5.74) is -1.73. The molecule has 2 rings (SSSR count). The van der Waals surface area contributed by atoms with Crippen molar-refractivity contribution in [2.75, 3.05) is 12.0 Å². The molecule has 1 N–H and O–H groups in total. The Kier molecular flexibility index (Phi) is 6.24. The zero-order valence-electron chi connectivity index (χ0n) is 14.6. The lowest BCUT2D eigenvalue weighted by Gasteiger charge is -2.15. The molecule has 152 valence electrons. The van der Waals surface area contributed by atoms with Crippen molar-refractivity contribution < 1.29 is 31.5 Å². The fourth-order valence-corrected chi connectivity index (χ4v) is 3.93. The summed E-state index contributed by atoms with van der Waals surface area (Å²) < 4.78 is 64.2. The first-order valence-electron chi connectivity index (χ1n) is 7.65. The Bertz CT molecular complexity index is 1080. The van der Waals surface area contributed by atoms with Gasteiger partial charge in [0.05, 0.1) is 16.7 Å². The second-order valence-electron chi connectivity index (χ2n) is 5.81. The highest BCUT2D eigenvalue weighted by atomic mass is 32.2. The van der Waals surface area contributed by atoms with Crippen molar-refractivity contribution >= 4 is 26.9 Å². The van der Waals surface area contributed by atoms with Gasteiger partial charge in [0.1, 0.15) is 0 Å². The Morgan fingerprint density at radius 2 is 1.93 bits per heavy atom. The number of alkyl halides is 3. The number of thioether (sulfide) groups is 1. The number of hydrogen-bond donors (Lipinski definition) is 1. The summed E-state index contributed by atoms with van der Waals surface area (Å²) in [6.07, 6.45) is -2.84. The van der Waals surface area contributed by atoms with E-state index in [1.54, 1.807) is 0 Å². The first kappa shape index (κ1) is 22.0. The van der Waals surface area contributed by atoms with Crippen LogP contribution in [0.1, 0.15) is 11.1 Å². The van der Waals surface area contributed by atoms with Gasteiger partial charge in [0.25, 0.3) is 5.56 Å². The van der Waals surface area contributed by atoms with E-state index in [2.05, 4.69) is 5.10 Å². The molecule has 0 radical (unpaired) electrons. The monoisotopic (exact) mass is 436 g/mol. The van der Waals surface area contributed by atoms with Crippen LogP contribution in [0.3, 0.4) is 0 Å². The van der Waals surface area contributed by atoms with Crippen LogP contribution in [0.25, 0.3) is 11.1 Å². The summed E-state index contributed by atoms with van der Waals surface area (Å²) >= 11 is 0.541. The summed E-state index contributed by atoms with van der Waals surface area (Å²) in [4.78, 5) is 22.5. The first-order chi connectivity index (χ1) is 12.8. The highest BCUT2D eigenvalue weighted by Crippen LogP contribution is 2.36. The number of benzene rings is 1. The van der Waals surface area contributed by atoms with Gasteiger partial charge in [0.2, 0.25) is 0 Å². The van der Waals surface area contributed by atoms with Gasteiger partial charge in [-0.3, -0.25) is 4.79 Å².